The molecule has 0 aliphatic carbocycles. The van der Waals surface area contributed by atoms with Crippen LogP contribution in [0.3, 0.4) is 0 Å². The van der Waals surface area contributed by atoms with Gasteiger partial charge in [-0.15, -0.1) is 0 Å². The number of benzene rings is 1. The van der Waals surface area contributed by atoms with E-state index in [4.69, 9.17) is 4.18 Å². The molecule has 0 aliphatic heterocycles. The van der Waals surface area contributed by atoms with Gasteiger partial charge in [0.15, 0.2) is 0 Å². The van der Waals surface area contributed by atoms with Crippen LogP contribution in [0.1, 0.15) is 45.1 Å². The first-order valence-corrected chi connectivity index (χ1v) is 8.56. The Morgan fingerprint density at radius 1 is 1.30 bits per heavy atom. The van der Waals surface area contributed by atoms with Crippen LogP contribution in [0.2, 0.25) is 0 Å². The predicted molar refractivity (Wildman–Crippen MR) is 83.0 cm³/mol. The average molecular weight is 296 g/mol. The summed E-state index contributed by atoms with van der Waals surface area (Å²) >= 11 is 0. The van der Waals surface area contributed by atoms with E-state index in [2.05, 4.69) is 20.4 Å². The minimum Gasteiger partial charge on any atom is -0.266 e. The standard InChI is InChI=1S/C16H24O3S/c1-4-7-10-14(5-2)13-19-20(17,18)16-12-9-8-11-15(16)6-3/h6,8-9,11-12,14H,3-5,7,10,13H2,1-2H3. The lowest BCUT2D eigenvalue weighted by molar-refractivity contribution is 0.238. The second-order valence-corrected chi connectivity index (χ2v) is 6.48. The smallest absolute Gasteiger partial charge is 0.266 e. The number of hydrogen-bond donors (Lipinski definition) is 0. The van der Waals surface area contributed by atoms with Crippen LogP contribution in [0.4, 0.5) is 0 Å². The maximum Gasteiger partial charge on any atom is 0.297 e. The Balaban J connectivity index is 2.77. The number of rotatable bonds is 9. The van der Waals surface area contributed by atoms with Gasteiger partial charge in [-0.3, -0.25) is 4.18 Å². The summed E-state index contributed by atoms with van der Waals surface area (Å²) in [4.78, 5) is 0.195. The monoisotopic (exact) mass is 296 g/mol. The highest BCUT2D eigenvalue weighted by Crippen LogP contribution is 2.21. The SMILES string of the molecule is C=Cc1ccccc1S(=O)(=O)OCC(CC)CCCC. The summed E-state index contributed by atoms with van der Waals surface area (Å²) in [5.41, 5.74) is 0.578. The highest BCUT2D eigenvalue weighted by atomic mass is 32.2. The van der Waals surface area contributed by atoms with Crippen LogP contribution in [-0.4, -0.2) is 15.0 Å². The topological polar surface area (TPSA) is 43.4 Å². The van der Waals surface area contributed by atoms with E-state index in [9.17, 15) is 8.42 Å². The summed E-state index contributed by atoms with van der Waals surface area (Å²) in [6, 6.07) is 6.75. The quantitative estimate of drug-likeness (QED) is 0.640. The molecule has 1 unspecified atom stereocenters. The van der Waals surface area contributed by atoms with Crippen molar-refractivity contribution in [2.45, 2.75) is 44.4 Å². The predicted octanol–water partition coefficient (Wildman–Crippen LogP) is 4.25. The van der Waals surface area contributed by atoms with Crippen LogP contribution in [-0.2, 0) is 14.3 Å². The molecule has 0 saturated carbocycles. The molecule has 1 aromatic rings. The molecule has 0 radical (unpaired) electrons. The molecule has 1 aromatic carbocycles. The van der Waals surface area contributed by atoms with Crippen molar-refractivity contribution in [2.75, 3.05) is 6.61 Å². The second kappa shape index (κ2) is 8.22. The van der Waals surface area contributed by atoms with Crippen molar-refractivity contribution in [3.63, 3.8) is 0 Å². The van der Waals surface area contributed by atoms with Gasteiger partial charge in [-0.2, -0.15) is 8.42 Å². The highest BCUT2D eigenvalue weighted by Gasteiger charge is 2.19. The van der Waals surface area contributed by atoms with E-state index in [0.29, 0.717) is 11.5 Å². The molecule has 1 rings (SSSR count). The fraction of sp³-hybridized carbons (Fsp3) is 0.500. The van der Waals surface area contributed by atoms with Crippen LogP contribution >= 0.6 is 0 Å². The van der Waals surface area contributed by atoms with E-state index in [1.807, 2.05) is 0 Å². The highest BCUT2D eigenvalue weighted by molar-refractivity contribution is 7.86. The van der Waals surface area contributed by atoms with E-state index in [-0.39, 0.29) is 11.5 Å². The molecule has 20 heavy (non-hydrogen) atoms. The third-order valence-corrected chi connectivity index (χ3v) is 4.77. The molecule has 0 amide bonds. The summed E-state index contributed by atoms with van der Waals surface area (Å²) < 4.78 is 29.7. The normalized spacial score (nSPS) is 13.1. The maximum absolute atomic E-state index is 12.2. The van der Waals surface area contributed by atoms with Gasteiger partial charge >= 0.3 is 0 Å². The lowest BCUT2D eigenvalue weighted by Crippen LogP contribution is -2.15. The minimum absolute atomic E-state index is 0.195. The Kier molecular flexibility index (Phi) is 6.96. The molecule has 0 heterocycles. The van der Waals surface area contributed by atoms with Crippen molar-refractivity contribution in [1.29, 1.82) is 0 Å². The summed E-state index contributed by atoms with van der Waals surface area (Å²) in [7, 11) is -3.70. The van der Waals surface area contributed by atoms with E-state index < -0.39 is 10.1 Å². The van der Waals surface area contributed by atoms with E-state index >= 15 is 0 Å². The summed E-state index contributed by atoms with van der Waals surface area (Å²) in [6.07, 6.45) is 5.68. The minimum atomic E-state index is -3.70. The molecule has 3 nitrogen and oxygen atoms in total. The van der Waals surface area contributed by atoms with Crippen molar-refractivity contribution in [3.05, 3.63) is 36.4 Å². The Bertz CT molecular complexity index is 520. The fourth-order valence-corrected chi connectivity index (χ4v) is 3.21. The van der Waals surface area contributed by atoms with Gasteiger partial charge in [-0.05, 0) is 24.0 Å². The van der Waals surface area contributed by atoms with Crippen LogP contribution in [0.5, 0.6) is 0 Å². The van der Waals surface area contributed by atoms with Crippen molar-refractivity contribution >= 4 is 16.2 Å². The third kappa shape index (κ3) is 4.76. The zero-order valence-electron chi connectivity index (χ0n) is 12.3. The van der Waals surface area contributed by atoms with Gasteiger partial charge in [0.25, 0.3) is 10.1 Å². The number of unbranched alkanes of at least 4 members (excludes halogenated alkanes) is 1. The van der Waals surface area contributed by atoms with Crippen LogP contribution in [0.25, 0.3) is 6.08 Å². The van der Waals surface area contributed by atoms with E-state index in [1.165, 1.54) is 6.08 Å². The second-order valence-electron chi connectivity index (χ2n) is 4.90. The molecule has 0 aromatic heterocycles. The van der Waals surface area contributed by atoms with Gasteiger partial charge in [0.1, 0.15) is 4.90 Å². The molecule has 0 N–H and O–H groups in total. The zero-order chi connectivity index (χ0) is 15.0. The lowest BCUT2D eigenvalue weighted by atomic mass is 10.0. The molecule has 0 spiro atoms. The fourth-order valence-electron chi connectivity index (χ4n) is 2.02. The van der Waals surface area contributed by atoms with Crippen molar-refractivity contribution in [2.24, 2.45) is 5.92 Å². The van der Waals surface area contributed by atoms with Gasteiger partial charge in [0.05, 0.1) is 6.61 Å². The first-order valence-electron chi connectivity index (χ1n) is 7.16. The number of hydrogen-bond acceptors (Lipinski definition) is 3. The third-order valence-electron chi connectivity index (χ3n) is 3.41. The molecule has 4 heteroatoms. The zero-order valence-corrected chi connectivity index (χ0v) is 13.2. The molecule has 0 saturated heterocycles. The molecule has 0 bridgehead atoms. The molecular weight excluding hydrogens is 272 g/mol. The molecule has 0 fully saturated rings. The van der Waals surface area contributed by atoms with Gasteiger partial charge < -0.3 is 0 Å². The van der Waals surface area contributed by atoms with Crippen LogP contribution in [0, 0.1) is 5.92 Å². The van der Waals surface area contributed by atoms with Crippen molar-refractivity contribution < 1.29 is 12.6 Å². The maximum atomic E-state index is 12.2. The summed E-state index contributed by atoms with van der Waals surface area (Å²) in [5.74, 6) is 0.292. The Morgan fingerprint density at radius 3 is 2.60 bits per heavy atom. The van der Waals surface area contributed by atoms with Crippen LogP contribution < -0.4 is 0 Å². The van der Waals surface area contributed by atoms with Crippen LogP contribution in [0.15, 0.2) is 35.7 Å². The first-order chi connectivity index (χ1) is 9.55. The van der Waals surface area contributed by atoms with Gasteiger partial charge in [-0.25, -0.2) is 0 Å². The summed E-state index contributed by atoms with van der Waals surface area (Å²) in [6.45, 7) is 8.08. The summed E-state index contributed by atoms with van der Waals surface area (Å²) in [5, 5.41) is 0. The molecule has 112 valence electrons. The molecular formula is C16H24O3S. The van der Waals surface area contributed by atoms with E-state index in [1.54, 1.807) is 24.3 Å². The van der Waals surface area contributed by atoms with E-state index in [0.717, 1.165) is 25.7 Å². The van der Waals surface area contributed by atoms with Gasteiger partial charge in [-0.1, -0.05) is 64.0 Å². The Labute approximate surface area is 122 Å². The first kappa shape index (κ1) is 16.9. The van der Waals surface area contributed by atoms with Crippen molar-refractivity contribution in [1.82, 2.24) is 0 Å². The molecule has 0 aliphatic rings. The van der Waals surface area contributed by atoms with Gasteiger partial charge in [0.2, 0.25) is 0 Å². The van der Waals surface area contributed by atoms with Crippen molar-refractivity contribution in [3.8, 4) is 0 Å². The largest absolute Gasteiger partial charge is 0.297 e. The lowest BCUT2D eigenvalue weighted by Gasteiger charge is -2.15. The average Bonchev–Trinajstić information content (AvgIpc) is 2.47. The molecule has 1 atom stereocenters. The Hall–Kier alpha value is -1.13. The van der Waals surface area contributed by atoms with Gasteiger partial charge in [0, 0.05) is 0 Å². The Morgan fingerprint density at radius 2 is 2.00 bits per heavy atom.